The summed E-state index contributed by atoms with van der Waals surface area (Å²) in [6.07, 6.45) is 5.03. The minimum absolute atomic E-state index is 0.0417. The number of H-pyrrole nitrogens is 1. The standard InChI is InChI=1S/C13H23N5O2/c1-9(2)12(14)13(20)18-8-11(19)17-5-3-4-10-15-6-7-16-10/h6-7,9,12H,3-5,8,14H2,1-2H3,(H,15,16)(H,17,19)(H,18,20)/t12-/m0/s1. The van der Waals surface area contributed by atoms with Gasteiger partial charge in [-0.25, -0.2) is 4.98 Å². The van der Waals surface area contributed by atoms with Crippen molar-refractivity contribution in [3.8, 4) is 0 Å². The lowest BCUT2D eigenvalue weighted by Gasteiger charge is -2.15. The van der Waals surface area contributed by atoms with Gasteiger partial charge in [0.05, 0.1) is 12.6 Å². The van der Waals surface area contributed by atoms with Gasteiger partial charge in [-0.2, -0.15) is 0 Å². The third-order valence-electron chi connectivity index (χ3n) is 2.91. The van der Waals surface area contributed by atoms with E-state index >= 15 is 0 Å². The van der Waals surface area contributed by atoms with Crippen molar-refractivity contribution in [2.75, 3.05) is 13.1 Å². The summed E-state index contributed by atoms with van der Waals surface area (Å²) in [6, 6.07) is -0.582. The predicted molar refractivity (Wildman–Crippen MR) is 75.7 cm³/mol. The van der Waals surface area contributed by atoms with Crippen LogP contribution in [0.4, 0.5) is 0 Å². The largest absolute Gasteiger partial charge is 0.355 e. The van der Waals surface area contributed by atoms with Crippen LogP contribution in [0.15, 0.2) is 12.4 Å². The van der Waals surface area contributed by atoms with Crippen LogP contribution < -0.4 is 16.4 Å². The van der Waals surface area contributed by atoms with Gasteiger partial charge in [0.15, 0.2) is 0 Å². The van der Waals surface area contributed by atoms with Crippen LogP contribution in [0.3, 0.4) is 0 Å². The van der Waals surface area contributed by atoms with Gasteiger partial charge in [0.2, 0.25) is 11.8 Å². The second-order valence-corrected chi connectivity index (χ2v) is 4.98. The van der Waals surface area contributed by atoms with Gasteiger partial charge in [-0.15, -0.1) is 0 Å². The molecule has 0 aliphatic heterocycles. The van der Waals surface area contributed by atoms with Crippen molar-refractivity contribution in [1.29, 1.82) is 0 Å². The molecule has 0 fully saturated rings. The summed E-state index contributed by atoms with van der Waals surface area (Å²) < 4.78 is 0. The summed E-state index contributed by atoms with van der Waals surface area (Å²) in [7, 11) is 0. The number of nitrogens with one attached hydrogen (secondary N) is 3. The SMILES string of the molecule is CC(C)[C@H](N)C(=O)NCC(=O)NCCCc1ncc[nH]1. The molecule has 0 unspecified atom stereocenters. The number of aromatic amines is 1. The van der Waals surface area contributed by atoms with Crippen molar-refractivity contribution in [1.82, 2.24) is 20.6 Å². The lowest BCUT2D eigenvalue weighted by molar-refractivity contribution is -0.127. The highest BCUT2D eigenvalue weighted by atomic mass is 16.2. The van der Waals surface area contributed by atoms with Gasteiger partial charge in [-0.05, 0) is 12.3 Å². The molecule has 0 saturated heterocycles. The average molecular weight is 281 g/mol. The Morgan fingerprint density at radius 1 is 1.40 bits per heavy atom. The van der Waals surface area contributed by atoms with Gasteiger partial charge in [0.25, 0.3) is 0 Å². The van der Waals surface area contributed by atoms with Crippen LogP contribution in [-0.2, 0) is 16.0 Å². The summed E-state index contributed by atoms with van der Waals surface area (Å²) in [6.45, 7) is 4.23. The maximum absolute atomic E-state index is 11.5. The zero-order valence-corrected chi connectivity index (χ0v) is 12.0. The Morgan fingerprint density at radius 2 is 2.15 bits per heavy atom. The number of nitrogens with zero attached hydrogens (tertiary/aromatic N) is 1. The van der Waals surface area contributed by atoms with E-state index in [1.807, 2.05) is 13.8 Å². The lowest BCUT2D eigenvalue weighted by atomic mass is 10.1. The van der Waals surface area contributed by atoms with Crippen LogP contribution in [-0.4, -0.2) is 40.9 Å². The third kappa shape index (κ3) is 5.83. The molecule has 0 saturated carbocycles. The van der Waals surface area contributed by atoms with Gasteiger partial charge in [0, 0.05) is 25.4 Å². The minimum Gasteiger partial charge on any atom is -0.355 e. The van der Waals surface area contributed by atoms with Crippen molar-refractivity contribution in [2.45, 2.75) is 32.7 Å². The topological polar surface area (TPSA) is 113 Å². The zero-order valence-electron chi connectivity index (χ0n) is 12.0. The monoisotopic (exact) mass is 281 g/mol. The number of aryl methyl sites for hydroxylation is 1. The van der Waals surface area contributed by atoms with Crippen LogP contribution in [0.5, 0.6) is 0 Å². The Balaban J connectivity index is 2.10. The highest BCUT2D eigenvalue weighted by Gasteiger charge is 2.17. The van der Waals surface area contributed by atoms with Crippen LogP contribution >= 0.6 is 0 Å². The number of carbonyl (C=O) groups is 2. The summed E-state index contributed by atoms with van der Waals surface area (Å²) in [5, 5.41) is 5.26. The molecule has 1 aromatic heterocycles. The molecule has 1 heterocycles. The molecule has 5 N–H and O–H groups in total. The summed E-state index contributed by atoms with van der Waals surface area (Å²) >= 11 is 0. The van der Waals surface area contributed by atoms with E-state index in [-0.39, 0.29) is 24.3 Å². The number of imidazole rings is 1. The van der Waals surface area contributed by atoms with Crippen molar-refractivity contribution >= 4 is 11.8 Å². The highest BCUT2D eigenvalue weighted by Crippen LogP contribution is 1.97. The van der Waals surface area contributed by atoms with E-state index in [1.165, 1.54) is 0 Å². The molecule has 0 aromatic carbocycles. The number of carbonyl (C=O) groups excluding carboxylic acids is 2. The van der Waals surface area contributed by atoms with Crippen LogP contribution in [0.2, 0.25) is 0 Å². The normalized spacial score (nSPS) is 12.2. The molecule has 7 heteroatoms. The minimum atomic E-state index is -0.582. The fraction of sp³-hybridized carbons (Fsp3) is 0.615. The number of hydrogen-bond donors (Lipinski definition) is 4. The fourth-order valence-corrected chi connectivity index (χ4v) is 1.57. The maximum atomic E-state index is 11.5. The first-order valence-corrected chi connectivity index (χ1v) is 6.79. The molecule has 20 heavy (non-hydrogen) atoms. The van der Waals surface area contributed by atoms with Crippen LogP contribution in [0.1, 0.15) is 26.1 Å². The first-order chi connectivity index (χ1) is 9.50. The number of aromatic nitrogens is 2. The lowest BCUT2D eigenvalue weighted by Crippen LogP contribution is -2.47. The van der Waals surface area contributed by atoms with E-state index < -0.39 is 6.04 Å². The summed E-state index contributed by atoms with van der Waals surface area (Å²) in [5.74, 6) is 0.432. The average Bonchev–Trinajstić information content (AvgIpc) is 2.93. The summed E-state index contributed by atoms with van der Waals surface area (Å²) in [5.41, 5.74) is 5.67. The second-order valence-electron chi connectivity index (χ2n) is 4.98. The Kier molecular flexibility index (Phi) is 6.72. The van der Waals surface area contributed by atoms with Gasteiger partial charge in [0.1, 0.15) is 5.82 Å². The van der Waals surface area contributed by atoms with Crippen molar-refractivity contribution < 1.29 is 9.59 Å². The molecule has 0 aliphatic rings. The van der Waals surface area contributed by atoms with Crippen LogP contribution in [0.25, 0.3) is 0 Å². The van der Waals surface area contributed by atoms with Crippen molar-refractivity contribution in [2.24, 2.45) is 11.7 Å². The fourth-order valence-electron chi connectivity index (χ4n) is 1.57. The van der Waals surface area contributed by atoms with Gasteiger partial charge < -0.3 is 21.4 Å². The van der Waals surface area contributed by atoms with E-state index in [0.29, 0.717) is 6.54 Å². The Labute approximate surface area is 118 Å². The quantitative estimate of drug-likeness (QED) is 0.484. The smallest absolute Gasteiger partial charge is 0.239 e. The molecular formula is C13H23N5O2. The Morgan fingerprint density at radius 3 is 2.75 bits per heavy atom. The first kappa shape index (κ1) is 16.2. The molecule has 0 spiro atoms. The molecule has 0 aliphatic carbocycles. The van der Waals surface area contributed by atoms with Gasteiger partial charge >= 0.3 is 0 Å². The van der Waals surface area contributed by atoms with E-state index in [0.717, 1.165) is 18.7 Å². The molecule has 2 amide bonds. The predicted octanol–water partition coefficient (Wildman–Crippen LogP) is -0.442. The molecule has 1 atom stereocenters. The van der Waals surface area contributed by atoms with E-state index in [1.54, 1.807) is 12.4 Å². The zero-order chi connectivity index (χ0) is 15.0. The second kappa shape index (κ2) is 8.31. The molecule has 112 valence electrons. The van der Waals surface area contributed by atoms with Crippen molar-refractivity contribution in [3.63, 3.8) is 0 Å². The van der Waals surface area contributed by atoms with Crippen molar-refractivity contribution in [3.05, 3.63) is 18.2 Å². The van der Waals surface area contributed by atoms with E-state index in [2.05, 4.69) is 20.6 Å². The Bertz CT molecular complexity index is 416. The number of rotatable bonds is 8. The Hall–Kier alpha value is -1.89. The molecule has 0 radical (unpaired) electrons. The number of amides is 2. The molecule has 7 nitrogen and oxygen atoms in total. The van der Waals surface area contributed by atoms with Gasteiger partial charge in [-0.1, -0.05) is 13.8 Å². The first-order valence-electron chi connectivity index (χ1n) is 6.79. The van der Waals surface area contributed by atoms with Crippen LogP contribution in [0, 0.1) is 5.92 Å². The van der Waals surface area contributed by atoms with Gasteiger partial charge in [-0.3, -0.25) is 9.59 Å². The maximum Gasteiger partial charge on any atom is 0.239 e. The van der Waals surface area contributed by atoms with E-state index in [9.17, 15) is 9.59 Å². The molecule has 1 rings (SSSR count). The molecule has 0 bridgehead atoms. The number of nitrogens with two attached hydrogens (primary N) is 1. The van der Waals surface area contributed by atoms with E-state index in [4.69, 9.17) is 5.73 Å². The molecular weight excluding hydrogens is 258 g/mol. The number of hydrogen-bond acceptors (Lipinski definition) is 4. The molecule has 1 aromatic rings. The third-order valence-corrected chi connectivity index (χ3v) is 2.91. The summed E-state index contributed by atoms with van der Waals surface area (Å²) in [4.78, 5) is 30.1. The highest BCUT2D eigenvalue weighted by molar-refractivity contribution is 5.87.